The molecule has 2 heterocycles. The number of aromatic nitrogens is 2. The van der Waals surface area contributed by atoms with E-state index in [2.05, 4.69) is 15.5 Å². The van der Waals surface area contributed by atoms with Crippen molar-refractivity contribution in [3.63, 3.8) is 0 Å². The van der Waals surface area contributed by atoms with Crippen LogP contribution in [-0.2, 0) is 0 Å². The van der Waals surface area contributed by atoms with E-state index in [0.29, 0.717) is 17.9 Å². The number of rotatable bonds is 2. The van der Waals surface area contributed by atoms with E-state index in [4.69, 9.17) is 4.52 Å². The van der Waals surface area contributed by atoms with Crippen molar-refractivity contribution in [3.05, 3.63) is 5.82 Å². The largest absolute Gasteiger partial charge is 0.324 e. The fraction of sp³-hybridized carbons (Fsp3) is 0.714. The minimum absolute atomic E-state index is 0.504. The second-order valence-corrected chi connectivity index (χ2v) is 3.05. The van der Waals surface area contributed by atoms with Gasteiger partial charge in [0.05, 0.1) is 6.04 Å². The van der Waals surface area contributed by atoms with Crippen molar-refractivity contribution in [2.75, 3.05) is 25.0 Å². The van der Waals surface area contributed by atoms with E-state index in [0.717, 1.165) is 13.1 Å². The monoisotopic (exact) mass is 168 g/mol. The Balaban J connectivity index is 2.08. The Kier molecular flexibility index (Phi) is 1.73. The van der Waals surface area contributed by atoms with Gasteiger partial charge < -0.3 is 14.7 Å². The molecule has 1 aromatic rings. The van der Waals surface area contributed by atoms with Crippen LogP contribution in [0.15, 0.2) is 4.52 Å². The van der Waals surface area contributed by atoms with Crippen LogP contribution in [0.2, 0.25) is 0 Å². The van der Waals surface area contributed by atoms with Crippen molar-refractivity contribution in [2.45, 2.75) is 13.0 Å². The second kappa shape index (κ2) is 2.75. The number of hydrogen-bond donors (Lipinski definition) is 1. The average Bonchev–Trinajstić information content (AvgIpc) is 2.31. The smallest absolute Gasteiger partial charge is 0.322 e. The van der Waals surface area contributed by atoms with Gasteiger partial charge in [-0.2, -0.15) is 4.98 Å². The maximum Gasteiger partial charge on any atom is 0.324 e. The molecule has 1 N–H and O–H groups in total. The third-order valence-electron chi connectivity index (χ3n) is 2.13. The van der Waals surface area contributed by atoms with Crippen LogP contribution in [-0.4, -0.2) is 36.3 Å². The van der Waals surface area contributed by atoms with Gasteiger partial charge in [0, 0.05) is 20.1 Å². The van der Waals surface area contributed by atoms with E-state index in [-0.39, 0.29) is 0 Å². The highest BCUT2D eigenvalue weighted by Gasteiger charge is 2.24. The molecule has 0 atom stereocenters. The summed E-state index contributed by atoms with van der Waals surface area (Å²) in [4.78, 5) is 6.14. The first-order chi connectivity index (χ1) is 5.77. The molecular weight excluding hydrogens is 156 g/mol. The fourth-order valence-electron chi connectivity index (χ4n) is 1.13. The van der Waals surface area contributed by atoms with Gasteiger partial charge in [-0.3, -0.25) is 0 Å². The summed E-state index contributed by atoms with van der Waals surface area (Å²) in [6.45, 7) is 3.82. The highest BCUT2D eigenvalue weighted by Crippen LogP contribution is 2.13. The van der Waals surface area contributed by atoms with Gasteiger partial charge in [-0.25, -0.2) is 0 Å². The summed E-state index contributed by atoms with van der Waals surface area (Å²) in [5.41, 5.74) is 0. The Morgan fingerprint density at radius 3 is 2.75 bits per heavy atom. The predicted molar refractivity (Wildman–Crippen MR) is 44.1 cm³/mol. The highest BCUT2D eigenvalue weighted by atomic mass is 16.5. The zero-order valence-corrected chi connectivity index (χ0v) is 7.24. The lowest BCUT2D eigenvalue weighted by Gasteiger charge is -2.34. The molecule has 0 aliphatic carbocycles. The molecule has 2 rings (SSSR count). The molecule has 0 unspecified atom stereocenters. The van der Waals surface area contributed by atoms with Crippen LogP contribution < -0.4 is 10.2 Å². The zero-order valence-electron chi connectivity index (χ0n) is 7.24. The van der Waals surface area contributed by atoms with Crippen molar-refractivity contribution in [1.29, 1.82) is 0 Å². The summed E-state index contributed by atoms with van der Waals surface area (Å²) in [5, 5.41) is 6.92. The molecular formula is C7H12N4O. The second-order valence-electron chi connectivity index (χ2n) is 3.05. The molecule has 0 bridgehead atoms. The molecule has 0 amide bonds. The number of nitrogens with one attached hydrogen (secondary N) is 1. The van der Waals surface area contributed by atoms with Gasteiger partial charge in [-0.1, -0.05) is 5.16 Å². The van der Waals surface area contributed by atoms with Crippen molar-refractivity contribution in [3.8, 4) is 0 Å². The van der Waals surface area contributed by atoms with Crippen molar-refractivity contribution in [1.82, 2.24) is 15.5 Å². The van der Waals surface area contributed by atoms with Gasteiger partial charge >= 0.3 is 6.01 Å². The average molecular weight is 168 g/mol. The molecule has 0 spiro atoms. The fourth-order valence-corrected chi connectivity index (χ4v) is 1.13. The lowest BCUT2D eigenvalue weighted by atomic mass is 10.1. The van der Waals surface area contributed by atoms with Crippen molar-refractivity contribution in [2.24, 2.45) is 0 Å². The van der Waals surface area contributed by atoms with E-state index in [1.807, 2.05) is 18.9 Å². The Morgan fingerprint density at radius 2 is 2.33 bits per heavy atom. The van der Waals surface area contributed by atoms with Gasteiger partial charge in [0.25, 0.3) is 0 Å². The van der Waals surface area contributed by atoms with E-state index in [1.165, 1.54) is 0 Å². The first-order valence-corrected chi connectivity index (χ1v) is 4.01. The minimum atomic E-state index is 0.504. The van der Waals surface area contributed by atoms with Crippen LogP contribution in [0.1, 0.15) is 5.82 Å². The van der Waals surface area contributed by atoms with Crippen LogP contribution in [0.4, 0.5) is 6.01 Å². The number of nitrogens with zero attached hydrogens (tertiary/aromatic N) is 3. The number of likely N-dealkylation sites (N-methyl/N-ethyl adjacent to an activating group) is 1. The number of anilines is 1. The zero-order chi connectivity index (χ0) is 8.55. The molecule has 12 heavy (non-hydrogen) atoms. The Hall–Kier alpha value is -1.10. The summed E-state index contributed by atoms with van der Waals surface area (Å²) in [6, 6.07) is 1.11. The van der Waals surface area contributed by atoms with Crippen LogP contribution in [0.5, 0.6) is 0 Å². The molecule has 0 radical (unpaired) electrons. The molecule has 66 valence electrons. The lowest BCUT2D eigenvalue weighted by molar-refractivity contribution is 0.368. The molecule has 1 fully saturated rings. The third kappa shape index (κ3) is 1.16. The van der Waals surface area contributed by atoms with Crippen LogP contribution >= 0.6 is 0 Å². The van der Waals surface area contributed by atoms with Crippen LogP contribution in [0, 0.1) is 6.92 Å². The molecule has 1 saturated heterocycles. The summed E-state index contributed by atoms with van der Waals surface area (Å²) in [6.07, 6.45) is 0. The highest BCUT2D eigenvalue weighted by molar-refractivity contribution is 5.27. The quantitative estimate of drug-likeness (QED) is 0.662. The summed E-state index contributed by atoms with van der Waals surface area (Å²) < 4.78 is 5.02. The normalized spacial score (nSPS) is 17.5. The van der Waals surface area contributed by atoms with E-state index in [9.17, 15) is 0 Å². The first-order valence-electron chi connectivity index (χ1n) is 4.01. The van der Waals surface area contributed by atoms with Gasteiger partial charge in [-0.15, -0.1) is 0 Å². The predicted octanol–water partition coefficient (Wildman–Crippen LogP) is -0.214. The molecule has 5 nitrogen and oxygen atoms in total. The molecule has 1 aromatic heterocycles. The van der Waals surface area contributed by atoms with Crippen LogP contribution in [0.3, 0.4) is 0 Å². The van der Waals surface area contributed by atoms with Gasteiger partial charge in [-0.05, 0) is 6.92 Å². The van der Waals surface area contributed by atoms with Gasteiger partial charge in [0.15, 0.2) is 5.82 Å². The Bertz CT molecular complexity index is 268. The maximum atomic E-state index is 5.02. The van der Waals surface area contributed by atoms with E-state index >= 15 is 0 Å². The van der Waals surface area contributed by atoms with E-state index in [1.54, 1.807) is 0 Å². The van der Waals surface area contributed by atoms with Gasteiger partial charge in [0.1, 0.15) is 0 Å². The third-order valence-corrected chi connectivity index (χ3v) is 2.13. The van der Waals surface area contributed by atoms with Crippen LogP contribution in [0.25, 0.3) is 0 Å². The summed E-state index contributed by atoms with van der Waals surface area (Å²) in [7, 11) is 1.97. The molecule has 0 aromatic carbocycles. The number of hydrogen-bond acceptors (Lipinski definition) is 5. The number of aryl methyl sites for hydroxylation is 1. The SMILES string of the molecule is Cc1noc(N(C)C2CNC2)n1. The van der Waals surface area contributed by atoms with E-state index < -0.39 is 0 Å². The molecule has 1 aliphatic rings. The Morgan fingerprint density at radius 1 is 1.58 bits per heavy atom. The first kappa shape index (κ1) is 7.54. The molecule has 1 aliphatic heterocycles. The van der Waals surface area contributed by atoms with Crippen molar-refractivity contribution < 1.29 is 4.52 Å². The summed E-state index contributed by atoms with van der Waals surface area (Å²) in [5.74, 6) is 0.684. The lowest BCUT2D eigenvalue weighted by Crippen LogP contribution is -2.56. The van der Waals surface area contributed by atoms with Crippen molar-refractivity contribution >= 4 is 6.01 Å². The molecule has 5 heteroatoms. The Labute approximate surface area is 70.7 Å². The molecule has 0 saturated carbocycles. The topological polar surface area (TPSA) is 54.2 Å². The standard InChI is InChI=1S/C7H12N4O/c1-5-9-7(12-10-5)11(2)6-3-8-4-6/h6,8H,3-4H2,1-2H3. The summed E-state index contributed by atoms with van der Waals surface area (Å²) >= 11 is 0. The maximum absolute atomic E-state index is 5.02. The minimum Gasteiger partial charge on any atom is -0.322 e. The van der Waals surface area contributed by atoms with Gasteiger partial charge in [0.2, 0.25) is 0 Å².